The summed E-state index contributed by atoms with van der Waals surface area (Å²) in [6.45, 7) is 2.89. The zero-order valence-electron chi connectivity index (χ0n) is 12.1. The van der Waals surface area contributed by atoms with Crippen molar-refractivity contribution in [2.24, 2.45) is 5.92 Å². The molecule has 0 atom stereocenters. The van der Waals surface area contributed by atoms with Gasteiger partial charge in [-0.15, -0.1) is 0 Å². The van der Waals surface area contributed by atoms with E-state index in [1.54, 1.807) is 4.90 Å². The van der Waals surface area contributed by atoms with E-state index in [9.17, 15) is 9.59 Å². The van der Waals surface area contributed by atoms with Gasteiger partial charge in [0, 0.05) is 24.7 Å². The van der Waals surface area contributed by atoms with Crippen molar-refractivity contribution in [3.63, 3.8) is 0 Å². The molecular formula is C16H21N3O2. The van der Waals surface area contributed by atoms with Gasteiger partial charge in [0.1, 0.15) is 0 Å². The number of hydrogen-bond donors (Lipinski definition) is 2. The van der Waals surface area contributed by atoms with Crippen LogP contribution in [-0.4, -0.2) is 38.0 Å². The number of nitrogens with one attached hydrogen (secondary N) is 2. The lowest BCUT2D eigenvalue weighted by molar-refractivity contribution is -0.125. The highest BCUT2D eigenvalue weighted by Crippen LogP contribution is 2.27. The van der Waals surface area contributed by atoms with Crippen LogP contribution in [0.3, 0.4) is 0 Å². The molecule has 5 heteroatoms. The van der Waals surface area contributed by atoms with Gasteiger partial charge in [-0.25, -0.2) is 0 Å². The smallest absolute Gasteiger partial charge is 0.231 e. The zero-order chi connectivity index (χ0) is 14.7. The van der Waals surface area contributed by atoms with Gasteiger partial charge >= 0.3 is 0 Å². The van der Waals surface area contributed by atoms with E-state index in [-0.39, 0.29) is 17.7 Å². The molecule has 1 aromatic rings. The number of anilines is 1. The molecule has 0 unspecified atom stereocenters. The molecule has 1 aromatic carbocycles. The van der Waals surface area contributed by atoms with Gasteiger partial charge in [0.15, 0.2) is 0 Å². The third-order valence-electron chi connectivity index (χ3n) is 4.27. The molecule has 3 rings (SSSR count). The number of para-hydroxylation sites is 1. The SMILES string of the molecule is O=C(NCCN1C(=O)Cc2ccccc21)C1CCNCC1. The molecule has 2 N–H and O–H groups in total. The van der Waals surface area contributed by atoms with Crippen LogP contribution in [0.4, 0.5) is 5.69 Å². The van der Waals surface area contributed by atoms with E-state index in [1.165, 1.54) is 0 Å². The lowest BCUT2D eigenvalue weighted by Crippen LogP contribution is -2.41. The largest absolute Gasteiger partial charge is 0.354 e. The normalized spacial score (nSPS) is 18.7. The van der Waals surface area contributed by atoms with Gasteiger partial charge in [-0.2, -0.15) is 0 Å². The number of rotatable bonds is 4. The molecule has 0 aromatic heterocycles. The molecule has 112 valence electrons. The lowest BCUT2D eigenvalue weighted by atomic mass is 9.97. The van der Waals surface area contributed by atoms with Gasteiger partial charge in [-0.3, -0.25) is 9.59 Å². The lowest BCUT2D eigenvalue weighted by Gasteiger charge is -2.23. The number of hydrogen-bond acceptors (Lipinski definition) is 3. The first-order valence-electron chi connectivity index (χ1n) is 7.62. The first-order chi connectivity index (χ1) is 10.3. The maximum Gasteiger partial charge on any atom is 0.231 e. The Morgan fingerprint density at radius 2 is 2.05 bits per heavy atom. The minimum Gasteiger partial charge on any atom is -0.354 e. The van der Waals surface area contributed by atoms with E-state index in [1.807, 2.05) is 24.3 Å². The van der Waals surface area contributed by atoms with Crippen molar-refractivity contribution in [1.29, 1.82) is 0 Å². The topological polar surface area (TPSA) is 61.4 Å². The van der Waals surface area contributed by atoms with Crippen LogP contribution in [-0.2, 0) is 16.0 Å². The number of fused-ring (bicyclic) bond motifs is 1. The molecule has 5 nitrogen and oxygen atoms in total. The summed E-state index contributed by atoms with van der Waals surface area (Å²) in [5.74, 6) is 0.358. The van der Waals surface area contributed by atoms with Crippen LogP contribution >= 0.6 is 0 Å². The first kappa shape index (κ1) is 14.1. The zero-order valence-corrected chi connectivity index (χ0v) is 12.1. The van der Waals surface area contributed by atoms with Crippen molar-refractivity contribution in [2.75, 3.05) is 31.1 Å². The molecule has 1 saturated heterocycles. The predicted molar refractivity (Wildman–Crippen MR) is 81.1 cm³/mol. The highest BCUT2D eigenvalue weighted by atomic mass is 16.2. The summed E-state index contributed by atoms with van der Waals surface area (Å²) in [5, 5.41) is 6.22. The second kappa shape index (κ2) is 6.26. The van der Waals surface area contributed by atoms with Gasteiger partial charge in [0.05, 0.1) is 6.42 Å². The number of nitrogens with zero attached hydrogens (tertiary/aromatic N) is 1. The maximum absolute atomic E-state index is 12.1. The molecule has 21 heavy (non-hydrogen) atoms. The summed E-state index contributed by atoms with van der Waals surface area (Å²) < 4.78 is 0. The minimum atomic E-state index is 0.118. The number of carbonyl (C=O) groups excluding carboxylic acids is 2. The van der Waals surface area contributed by atoms with Gasteiger partial charge in [0.2, 0.25) is 11.8 Å². The van der Waals surface area contributed by atoms with Crippen LogP contribution in [0.2, 0.25) is 0 Å². The molecule has 1 fully saturated rings. The van der Waals surface area contributed by atoms with Crippen LogP contribution < -0.4 is 15.5 Å². The molecule has 0 spiro atoms. The molecular weight excluding hydrogens is 266 g/mol. The second-order valence-electron chi connectivity index (χ2n) is 5.67. The van der Waals surface area contributed by atoms with E-state index in [0.717, 1.165) is 37.2 Å². The average molecular weight is 287 g/mol. The Bertz CT molecular complexity index is 538. The summed E-state index contributed by atoms with van der Waals surface area (Å²) in [5.41, 5.74) is 2.06. The second-order valence-corrected chi connectivity index (χ2v) is 5.67. The molecule has 2 aliphatic heterocycles. The maximum atomic E-state index is 12.1. The summed E-state index contributed by atoms with van der Waals surface area (Å²) in [6.07, 6.45) is 2.27. The van der Waals surface area contributed by atoms with Crippen molar-refractivity contribution < 1.29 is 9.59 Å². The van der Waals surface area contributed by atoms with Crippen LogP contribution in [0.15, 0.2) is 24.3 Å². The summed E-state index contributed by atoms with van der Waals surface area (Å²) >= 11 is 0. The molecule has 0 aliphatic carbocycles. The fourth-order valence-electron chi connectivity index (χ4n) is 3.08. The predicted octanol–water partition coefficient (Wildman–Crippen LogP) is 0.691. The van der Waals surface area contributed by atoms with E-state index in [0.29, 0.717) is 19.5 Å². The van der Waals surface area contributed by atoms with Crippen LogP contribution in [0, 0.1) is 5.92 Å². The quantitative estimate of drug-likeness (QED) is 0.856. The Morgan fingerprint density at radius 3 is 2.86 bits per heavy atom. The molecule has 0 saturated carbocycles. The summed E-state index contributed by atoms with van der Waals surface area (Å²) in [4.78, 5) is 25.8. The highest BCUT2D eigenvalue weighted by Gasteiger charge is 2.26. The molecule has 2 amide bonds. The highest BCUT2D eigenvalue weighted by molar-refractivity contribution is 6.01. The number of benzene rings is 1. The number of amides is 2. The minimum absolute atomic E-state index is 0.118. The van der Waals surface area contributed by atoms with Crippen LogP contribution in [0.25, 0.3) is 0 Å². The molecule has 0 bridgehead atoms. The van der Waals surface area contributed by atoms with Crippen molar-refractivity contribution in [1.82, 2.24) is 10.6 Å². The van der Waals surface area contributed by atoms with E-state index >= 15 is 0 Å². The van der Waals surface area contributed by atoms with Gasteiger partial charge in [0.25, 0.3) is 0 Å². The van der Waals surface area contributed by atoms with Gasteiger partial charge in [-0.05, 0) is 37.6 Å². The third-order valence-corrected chi connectivity index (χ3v) is 4.27. The Morgan fingerprint density at radius 1 is 1.29 bits per heavy atom. The van der Waals surface area contributed by atoms with Crippen LogP contribution in [0.1, 0.15) is 18.4 Å². The molecule has 2 heterocycles. The standard InChI is InChI=1S/C16H21N3O2/c20-15-11-13-3-1-2-4-14(13)19(15)10-9-18-16(21)12-5-7-17-8-6-12/h1-4,12,17H,5-11H2,(H,18,21). The van der Waals surface area contributed by atoms with E-state index in [2.05, 4.69) is 10.6 Å². The Kier molecular flexibility index (Phi) is 4.20. The fraction of sp³-hybridized carbons (Fsp3) is 0.500. The summed E-state index contributed by atoms with van der Waals surface area (Å²) in [6, 6.07) is 7.85. The van der Waals surface area contributed by atoms with Crippen molar-refractivity contribution in [3.8, 4) is 0 Å². The van der Waals surface area contributed by atoms with E-state index in [4.69, 9.17) is 0 Å². The Hall–Kier alpha value is -1.88. The molecule has 2 aliphatic rings. The third kappa shape index (κ3) is 3.08. The van der Waals surface area contributed by atoms with Gasteiger partial charge in [-0.1, -0.05) is 18.2 Å². The van der Waals surface area contributed by atoms with Crippen molar-refractivity contribution >= 4 is 17.5 Å². The number of carbonyl (C=O) groups is 2. The number of piperidine rings is 1. The van der Waals surface area contributed by atoms with Gasteiger partial charge < -0.3 is 15.5 Å². The Balaban J connectivity index is 1.51. The average Bonchev–Trinajstić information content (AvgIpc) is 2.84. The summed E-state index contributed by atoms with van der Waals surface area (Å²) in [7, 11) is 0. The monoisotopic (exact) mass is 287 g/mol. The van der Waals surface area contributed by atoms with Crippen molar-refractivity contribution in [3.05, 3.63) is 29.8 Å². The van der Waals surface area contributed by atoms with Crippen LogP contribution in [0.5, 0.6) is 0 Å². The fourth-order valence-corrected chi connectivity index (χ4v) is 3.08. The van der Waals surface area contributed by atoms with E-state index < -0.39 is 0 Å². The molecule has 0 radical (unpaired) electrons. The Labute approximate surface area is 124 Å². The first-order valence-corrected chi connectivity index (χ1v) is 7.62. The van der Waals surface area contributed by atoms with Crippen molar-refractivity contribution in [2.45, 2.75) is 19.3 Å².